The summed E-state index contributed by atoms with van der Waals surface area (Å²) in [6.45, 7) is 1.15. The van der Waals surface area contributed by atoms with Crippen molar-refractivity contribution in [2.45, 2.75) is 6.42 Å². The zero-order valence-electron chi connectivity index (χ0n) is 10.7. The van der Waals surface area contributed by atoms with Gasteiger partial charge in [-0.25, -0.2) is 9.67 Å². The van der Waals surface area contributed by atoms with Crippen molar-refractivity contribution in [1.29, 1.82) is 0 Å². The molecule has 0 radical (unpaired) electrons. The van der Waals surface area contributed by atoms with Gasteiger partial charge in [0.05, 0.1) is 5.69 Å². The number of rotatable bonds is 5. The SMILES string of the molecule is Cl.Cl.NCCCNC(=O)c1cccc(-n2cncn2)c1. The van der Waals surface area contributed by atoms with Crippen molar-refractivity contribution >= 4 is 30.7 Å². The van der Waals surface area contributed by atoms with E-state index in [9.17, 15) is 4.79 Å². The number of aromatic nitrogens is 3. The normalized spacial score (nSPS) is 9.25. The summed E-state index contributed by atoms with van der Waals surface area (Å²) in [6.07, 6.45) is 3.81. The average Bonchev–Trinajstić information content (AvgIpc) is 2.93. The molecule has 0 saturated carbocycles. The number of nitrogens with one attached hydrogen (secondary N) is 1. The van der Waals surface area contributed by atoms with Crippen LogP contribution in [0.2, 0.25) is 0 Å². The Balaban J connectivity index is 0.00000180. The monoisotopic (exact) mass is 317 g/mol. The number of nitrogens with two attached hydrogens (primary N) is 1. The van der Waals surface area contributed by atoms with Crippen LogP contribution in [-0.4, -0.2) is 33.8 Å². The van der Waals surface area contributed by atoms with Crippen LogP contribution in [0, 0.1) is 0 Å². The van der Waals surface area contributed by atoms with Crippen LogP contribution in [0.4, 0.5) is 0 Å². The Labute approximate surface area is 129 Å². The molecule has 110 valence electrons. The van der Waals surface area contributed by atoms with E-state index in [2.05, 4.69) is 15.4 Å². The fourth-order valence-corrected chi connectivity index (χ4v) is 1.54. The third-order valence-corrected chi connectivity index (χ3v) is 2.46. The van der Waals surface area contributed by atoms with Gasteiger partial charge in [0.2, 0.25) is 0 Å². The largest absolute Gasteiger partial charge is 0.352 e. The molecule has 1 aromatic heterocycles. The first-order valence-electron chi connectivity index (χ1n) is 5.74. The van der Waals surface area contributed by atoms with Crippen molar-refractivity contribution in [3.05, 3.63) is 42.5 Å². The van der Waals surface area contributed by atoms with E-state index in [1.165, 1.54) is 6.33 Å². The van der Waals surface area contributed by atoms with Crippen LogP contribution in [0.15, 0.2) is 36.9 Å². The molecule has 0 spiro atoms. The predicted octanol–water partition coefficient (Wildman–Crippen LogP) is 1.19. The van der Waals surface area contributed by atoms with Crippen molar-refractivity contribution in [2.75, 3.05) is 13.1 Å². The van der Waals surface area contributed by atoms with E-state index in [1.54, 1.807) is 23.1 Å². The van der Waals surface area contributed by atoms with Gasteiger partial charge in [-0.3, -0.25) is 4.79 Å². The number of halogens is 2. The minimum Gasteiger partial charge on any atom is -0.352 e. The molecule has 0 bridgehead atoms. The van der Waals surface area contributed by atoms with Crippen molar-refractivity contribution < 1.29 is 4.79 Å². The first kappa shape index (κ1) is 18.4. The van der Waals surface area contributed by atoms with E-state index < -0.39 is 0 Å². The van der Waals surface area contributed by atoms with Gasteiger partial charge in [-0.2, -0.15) is 5.10 Å². The highest BCUT2D eigenvalue weighted by Gasteiger charge is 2.06. The Morgan fingerprint density at radius 3 is 2.80 bits per heavy atom. The molecule has 8 heteroatoms. The van der Waals surface area contributed by atoms with Gasteiger partial charge < -0.3 is 11.1 Å². The van der Waals surface area contributed by atoms with Gasteiger partial charge in [0.25, 0.3) is 5.91 Å². The molecule has 3 N–H and O–H groups in total. The lowest BCUT2D eigenvalue weighted by atomic mass is 10.2. The maximum Gasteiger partial charge on any atom is 0.251 e. The first-order chi connectivity index (χ1) is 8.81. The molecule has 0 aliphatic heterocycles. The van der Waals surface area contributed by atoms with E-state index >= 15 is 0 Å². The number of carbonyl (C=O) groups excluding carboxylic acids is 1. The lowest BCUT2D eigenvalue weighted by Gasteiger charge is -2.06. The summed E-state index contributed by atoms with van der Waals surface area (Å²) in [5.74, 6) is -0.106. The van der Waals surface area contributed by atoms with E-state index in [4.69, 9.17) is 5.73 Å². The Morgan fingerprint density at radius 1 is 1.35 bits per heavy atom. The highest BCUT2D eigenvalue weighted by molar-refractivity contribution is 5.94. The molecule has 6 nitrogen and oxygen atoms in total. The second-order valence-electron chi connectivity index (χ2n) is 3.79. The topological polar surface area (TPSA) is 85.8 Å². The van der Waals surface area contributed by atoms with Gasteiger partial charge in [0.15, 0.2) is 0 Å². The van der Waals surface area contributed by atoms with Crippen LogP contribution in [0.5, 0.6) is 0 Å². The fourth-order valence-electron chi connectivity index (χ4n) is 1.54. The second-order valence-corrected chi connectivity index (χ2v) is 3.79. The summed E-state index contributed by atoms with van der Waals surface area (Å²) >= 11 is 0. The lowest BCUT2D eigenvalue weighted by molar-refractivity contribution is 0.0953. The molecule has 2 aromatic rings. The first-order valence-corrected chi connectivity index (χ1v) is 5.74. The summed E-state index contributed by atoms with van der Waals surface area (Å²) in [4.78, 5) is 15.7. The number of carbonyl (C=O) groups is 1. The minimum absolute atomic E-state index is 0. The zero-order chi connectivity index (χ0) is 12.8. The van der Waals surface area contributed by atoms with Crippen molar-refractivity contribution in [3.8, 4) is 5.69 Å². The molecule has 0 saturated heterocycles. The molecule has 1 heterocycles. The second kappa shape index (κ2) is 9.30. The third-order valence-electron chi connectivity index (χ3n) is 2.46. The van der Waals surface area contributed by atoms with Gasteiger partial charge in [0.1, 0.15) is 12.7 Å². The highest BCUT2D eigenvalue weighted by Crippen LogP contribution is 2.08. The maximum atomic E-state index is 11.8. The molecule has 1 amide bonds. The van der Waals surface area contributed by atoms with Gasteiger partial charge in [0, 0.05) is 12.1 Å². The van der Waals surface area contributed by atoms with Crippen LogP contribution in [-0.2, 0) is 0 Å². The number of amides is 1. The Morgan fingerprint density at radius 2 is 2.15 bits per heavy atom. The number of hydrogen-bond acceptors (Lipinski definition) is 4. The van der Waals surface area contributed by atoms with Crippen LogP contribution < -0.4 is 11.1 Å². The summed E-state index contributed by atoms with van der Waals surface area (Å²) in [7, 11) is 0. The Kier molecular flexibility index (Phi) is 8.54. The van der Waals surface area contributed by atoms with Gasteiger partial charge >= 0.3 is 0 Å². The summed E-state index contributed by atoms with van der Waals surface area (Å²) in [5, 5.41) is 6.83. The fraction of sp³-hybridized carbons (Fsp3) is 0.250. The van der Waals surface area contributed by atoms with Gasteiger partial charge in [-0.05, 0) is 31.2 Å². The molecule has 1 aromatic carbocycles. The van der Waals surface area contributed by atoms with Gasteiger partial charge in [-0.15, -0.1) is 24.8 Å². The summed E-state index contributed by atoms with van der Waals surface area (Å²) in [6, 6.07) is 7.21. The molecule has 20 heavy (non-hydrogen) atoms. The maximum absolute atomic E-state index is 11.8. The standard InChI is InChI=1S/C12H15N5O.2ClH/c13-5-2-6-15-12(18)10-3-1-4-11(7-10)17-9-14-8-16-17;;/h1,3-4,7-9H,2,5-6,13H2,(H,15,18);2*1H. The quantitative estimate of drug-likeness (QED) is 0.811. The molecule has 2 rings (SSSR count). The molecular formula is C12H17Cl2N5O. The minimum atomic E-state index is -0.106. The van der Waals surface area contributed by atoms with Crippen molar-refractivity contribution in [3.63, 3.8) is 0 Å². The molecule has 0 unspecified atom stereocenters. The predicted molar refractivity (Wildman–Crippen MR) is 81.9 cm³/mol. The third kappa shape index (κ3) is 4.80. The lowest BCUT2D eigenvalue weighted by Crippen LogP contribution is -2.26. The van der Waals surface area contributed by atoms with E-state index in [0.29, 0.717) is 18.7 Å². The summed E-state index contributed by atoms with van der Waals surface area (Å²) < 4.78 is 1.61. The van der Waals surface area contributed by atoms with Crippen LogP contribution in [0.1, 0.15) is 16.8 Å². The molecule has 0 aliphatic rings. The number of nitrogens with zero attached hydrogens (tertiary/aromatic N) is 3. The highest BCUT2D eigenvalue weighted by atomic mass is 35.5. The number of benzene rings is 1. The molecular weight excluding hydrogens is 301 g/mol. The van der Waals surface area contributed by atoms with Crippen LogP contribution in [0.25, 0.3) is 5.69 Å². The molecule has 0 aliphatic carbocycles. The van der Waals surface area contributed by atoms with E-state index in [-0.39, 0.29) is 30.7 Å². The molecule has 0 fully saturated rings. The van der Waals surface area contributed by atoms with Crippen molar-refractivity contribution in [1.82, 2.24) is 20.1 Å². The van der Waals surface area contributed by atoms with Crippen LogP contribution in [0.3, 0.4) is 0 Å². The Hall–Kier alpha value is -1.63. The van der Waals surface area contributed by atoms with Gasteiger partial charge in [-0.1, -0.05) is 6.07 Å². The van der Waals surface area contributed by atoms with E-state index in [1.807, 2.05) is 12.1 Å². The van der Waals surface area contributed by atoms with E-state index in [0.717, 1.165) is 12.1 Å². The molecule has 0 atom stereocenters. The number of hydrogen-bond donors (Lipinski definition) is 2. The van der Waals surface area contributed by atoms with Crippen molar-refractivity contribution in [2.24, 2.45) is 5.73 Å². The zero-order valence-corrected chi connectivity index (χ0v) is 12.4. The summed E-state index contributed by atoms with van der Waals surface area (Å²) in [5.41, 5.74) is 6.77. The Bertz CT molecular complexity index is 518. The van der Waals surface area contributed by atoms with Crippen LogP contribution >= 0.6 is 24.8 Å². The smallest absolute Gasteiger partial charge is 0.251 e. The average molecular weight is 318 g/mol.